The predicted octanol–water partition coefficient (Wildman–Crippen LogP) is 2.55. The van der Waals surface area contributed by atoms with Gasteiger partial charge < -0.3 is 10.0 Å². The number of aliphatic carboxylic acids is 1. The number of carboxylic acids is 1. The van der Waals surface area contributed by atoms with Gasteiger partial charge >= 0.3 is 5.97 Å². The molecular formula is C14H16BrNO3. The SMILES string of the molecule is Cc1cccc(C(=O)N2CC(C)C(C(=O)O)C2)c1Br. The average Bonchev–Trinajstić information content (AvgIpc) is 2.74. The van der Waals surface area contributed by atoms with E-state index in [1.54, 1.807) is 11.0 Å². The fourth-order valence-corrected chi connectivity index (χ4v) is 2.87. The summed E-state index contributed by atoms with van der Waals surface area (Å²) in [4.78, 5) is 25.2. The highest BCUT2D eigenvalue weighted by molar-refractivity contribution is 9.10. The summed E-state index contributed by atoms with van der Waals surface area (Å²) in [7, 11) is 0. The highest BCUT2D eigenvalue weighted by Gasteiger charge is 2.37. The molecule has 1 amide bonds. The van der Waals surface area contributed by atoms with Crippen molar-refractivity contribution in [2.75, 3.05) is 13.1 Å². The smallest absolute Gasteiger partial charge is 0.308 e. The fourth-order valence-electron chi connectivity index (χ4n) is 2.44. The maximum absolute atomic E-state index is 12.4. The van der Waals surface area contributed by atoms with Gasteiger partial charge in [0, 0.05) is 17.6 Å². The Hall–Kier alpha value is -1.36. The predicted molar refractivity (Wildman–Crippen MR) is 75.1 cm³/mol. The first-order valence-corrected chi connectivity index (χ1v) is 6.98. The Labute approximate surface area is 120 Å². The molecule has 0 saturated carbocycles. The first-order chi connectivity index (χ1) is 8.91. The van der Waals surface area contributed by atoms with E-state index in [0.29, 0.717) is 12.1 Å². The van der Waals surface area contributed by atoms with Gasteiger partial charge in [0.15, 0.2) is 0 Å². The highest BCUT2D eigenvalue weighted by atomic mass is 79.9. The van der Waals surface area contributed by atoms with Gasteiger partial charge in [-0.3, -0.25) is 9.59 Å². The molecule has 0 aromatic heterocycles. The van der Waals surface area contributed by atoms with Gasteiger partial charge in [0.05, 0.1) is 11.5 Å². The number of hydrogen-bond donors (Lipinski definition) is 1. The largest absolute Gasteiger partial charge is 0.481 e. The molecule has 0 bridgehead atoms. The van der Waals surface area contributed by atoms with E-state index in [1.165, 1.54) is 0 Å². The van der Waals surface area contributed by atoms with Crippen LogP contribution in [0.2, 0.25) is 0 Å². The normalized spacial score (nSPS) is 22.6. The van der Waals surface area contributed by atoms with Gasteiger partial charge in [-0.25, -0.2) is 0 Å². The minimum Gasteiger partial charge on any atom is -0.481 e. The van der Waals surface area contributed by atoms with E-state index in [0.717, 1.165) is 10.0 Å². The molecule has 5 heteroatoms. The lowest BCUT2D eigenvalue weighted by Gasteiger charge is -2.17. The van der Waals surface area contributed by atoms with Crippen LogP contribution in [0, 0.1) is 18.8 Å². The molecule has 1 aromatic rings. The summed E-state index contributed by atoms with van der Waals surface area (Å²) >= 11 is 3.42. The molecule has 0 aliphatic carbocycles. The van der Waals surface area contributed by atoms with Crippen molar-refractivity contribution < 1.29 is 14.7 Å². The minimum absolute atomic E-state index is 0.00923. The summed E-state index contributed by atoms with van der Waals surface area (Å²) in [5, 5.41) is 9.11. The molecule has 102 valence electrons. The molecule has 1 heterocycles. The maximum Gasteiger partial charge on any atom is 0.308 e. The van der Waals surface area contributed by atoms with Crippen molar-refractivity contribution in [2.45, 2.75) is 13.8 Å². The van der Waals surface area contributed by atoms with E-state index in [1.807, 2.05) is 26.0 Å². The van der Waals surface area contributed by atoms with Crippen molar-refractivity contribution in [3.05, 3.63) is 33.8 Å². The van der Waals surface area contributed by atoms with E-state index in [-0.39, 0.29) is 18.4 Å². The molecule has 1 aromatic carbocycles. The number of aryl methyl sites for hydroxylation is 1. The van der Waals surface area contributed by atoms with Crippen molar-refractivity contribution >= 4 is 27.8 Å². The third kappa shape index (κ3) is 2.66. The quantitative estimate of drug-likeness (QED) is 0.909. The number of nitrogens with zero attached hydrogens (tertiary/aromatic N) is 1. The van der Waals surface area contributed by atoms with E-state index >= 15 is 0 Å². The van der Waals surface area contributed by atoms with E-state index in [4.69, 9.17) is 5.11 Å². The van der Waals surface area contributed by atoms with Crippen molar-refractivity contribution in [3.8, 4) is 0 Å². The van der Waals surface area contributed by atoms with Crippen LogP contribution in [0.25, 0.3) is 0 Å². The first kappa shape index (κ1) is 14.1. The zero-order valence-corrected chi connectivity index (χ0v) is 12.5. The number of amides is 1. The van der Waals surface area contributed by atoms with Gasteiger partial charge in [0.1, 0.15) is 0 Å². The number of carbonyl (C=O) groups is 2. The van der Waals surface area contributed by atoms with Crippen LogP contribution in [0.1, 0.15) is 22.8 Å². The summed E-state index contributed by atoms with van der Waals surface area (Å²) in [6.45, 7) is 4.58. The second-order valence-electron chi connectivity index (χ2n) is 5.07. The van der Waals surface area contributed by atoms with Gasteiger partial charge in [0.2, 0.25) is 0 Å². The van der Waals surface area contributed by atoms with Crippen LogP contribution in [0.3, 0.4) is 0 Å². The Morgan fingerprint density at radius 3 is 2.63 bits per heavy atom. The minimum atomic E-state index is -0.828. The summed E-state index contributed by atoms with van der Waals surface area (Å²) in [5.41, 5.74) is 1.59. The second kappa shape index (κ2) is 5.33. The summed E-state index contributed by atoms with van der Waals surface area (Å²) in [6.07, 6.45) is 0. The number of likely N-dealkylation sites (tertiary alicyclic amines) is 1. The lowest BCUT2D eigenvalue weighted by molar-refractivity contribution is -0.142. The molecule has 1 fully saturated rings. The van der Waals surface area contributed by atoms with Crippen molar-refractivity contribution in [1.82, 2.24) is 4.90 Å². The monoisotopic (exact) mass is 325 g/mol. The van der Waals surface area contributed by atoms with Crippen molar-refractivity contribution in [3.63, 3.8) is 0 Å². The van der Waals surface area contributed by atoms with Crippen LogP contribution in [0.5, 0.6) is 0 Å². The lowest BCUT2D eigenvalue weighted by atomic mass is 9.99. The third-order valence-corrected chi connectivity index (χ3v) is 4.69. The molecule has 0 spiro atoms. The van der Waals surface area contributed by atoms with Crippen LogP contribution in [0.15, 0.2) is 22.7 Å². The van der Waals surface area contributed by atoms with Gasteiger partial charge in [-0.2, -0.15) is 0 Å². The van der Waals surface area contributed by atoms with Crippen LogP contribution < -0.4 is 0 Å². The summed E-state index contributed by atoms with van der Waals surface area (Å²) in [5.74, 6) is -1.41. The van der Waals surface area contributed by atoms with Gasteiger partial charge in [-0.05, 0) is 40.4 Å². The zero-order chi connectivity index (χ0) is 14.2. The Kier molecular flexibility index (Phi) is 3.94. The Morgan fingerprint density at radius 2 is 2.05 bits per heavy atom. The van der Waals surface area contributed by atoms with Crippen molar-refractivity contribution in [1.29, 1.82) is 0 Å². The highest BCUT2D eigenvalue weighted by Crippen LogP contribution is 2.28. The molecule has 1 aliphatic heterocycles. The molecule has 1 aliphatic rings. The molecule has 1 N–H and O–H groups in total. The van der Waals surface area contributed by atoms with Gasteiger partial charge in [0.25, 0.3) is 5.91 Å². The second-order valence-corrected chi connectivity index (χ2v) is 5.86. The number of halogens is 1. The van der Waals surface area contributed by atoms with Crippen LogP contribution in [0.4, 0.5) is 0 Å². The molecular weight excluding hydrogens is 310 g/mol. The van der Waals surface area contributed by atoms with Crippen LogP contribution in [-0.4, -0.2) is 35.0 Å². The molecule has 4 nitrogen and oxygen atoms in total. The van der Waals surface area contributed by atoms with E-state index in [2.05, 4.69) is 15.9 Å². The van der Waals surface area contributed by atoms with Crippen LogP contribution >= 0.6 is 15.9 Å². The number of carboxylic acid groups (broad SMARTS) is 1. The average molecular weight is 326 g/mol. The standard InChI is InChI=1S/C14H16BrNO3/c1-8-4-3-5-10(12(8)15)13(17)16-6-9(2)11(7-16)14(18)19/h3-5,9,11H,6-7H2,1-2H3,(H,18,19). The van der Waals surface area contributed by atoms with E-state index < -0.39 is 11.9 Å². The van der Waals surface area contributed by atoms with Crippen molar-refractivity contribution in [2.24, 2.45) is 11.8 Å². The maximum atomic E-state index is 12.4. The number of carbonyl (C=O) groups excluding carboxylic acids is 1. The zero-order valence-electron chi connectivity index (χ0n) is 10.9. The Bertz CT molecular complexity index is 529. The fraction of sp³-hybridized carbons (Fsp3) is 0.429. The lowest BCUT2D eigenvalue weighted by Crippen LogP contribution is -2.30. The first-order valence-electron chi connectivity index (χ1n) is 6.19. The Balaban J connectivity index is 2.22. The van der Waals surface area contributed by atoms with Gasteiger partial charge in [-0.15, -0.1) is 0 Å². The molecule has 2 unspecified atom stereocenters. The Morgan fingerprint density at radius 1 is 1.37 bits per heavy atom. The molecule has 1 saturated heterocycles. The van der Waals surface area contributed by atoms with Gasteiger partial charge in [-0.1, -0.05) is 19.1 Å². The topological polar surface area (TPSA) is 57.6 Å². The molecule has 19 heavy (non-hydrogen) atoms. The van der Waals surface area contributed by atoms with E-state index in [9.17, 15) is 9.59 Å². The third-order valence-electron chi connectivity index (χ3n) is 3.64. The number of hydrogen-bond acceptors (Lipinski definition) is 2. The summed E-state index contributed by atoms with van der Waals surface area (Å²) in [6, 6.07) is 5.52. The molecule has 2 rings (SSSR count). The summed E-state index contributed by atoms with van der Waals surface area (Å²) < 4.78 is 0.784. The van der Waals surface area contributed by atoms with Crippen LogP contribution in [-0.2, 0) is 4.79 Å². The number of benzene rings is 1. The number of rotatable bonds is 2. The molecule has 0 radical (unpaired) electrons. The molecule has 2 atom stereocenters.